The zero-order chi connectivity index (χ0) is 20.9. The predicted octanol–water partition coefficient (Wildman–Crippen LogP) is 3.26. The molecule has 0 radical (unpaired) electrons. The van der Waals surface area contributed by atoms with E-state index >= 15 is 0 Å². The molecule has 1 amide bonds. The average Bonchev–Trinajstić information content (AvgIpc) is 3.30. The van der Waals surface area contributed by atoms with Gasteiger partial charge in [-0.05, 0) is 48.5 Å². The number of amides is 1. The molecule has 0 unspecified atom stereocenters. The van der Waals surface area contributed by atoms with Crippen molar-refractivity contribution in [3.8, 4) is 11.8 Å². The van der Waals surface area contributed by atoms with Crippen molar-refractivity contribution in [2.45, 2.75) is 11.7 Å². The quantitative estimate of drug-likeness (QED) is 0.382. The molecule has 0 saturated carbocycles. The van der Waals surface area contributed by atoms with Crippen molar-refractivity contribution in [2.24, 2.45) is 0 Å². The van der Waals surface area contributed by atoms with E-state index in [1.165, 1.54) is 16.3 Å². The Bertz CT molecular complexity index is 1290. The second-order valence-electron chi connectivity index (χ2n) is 6.36. The Kier molecular flexibility index (Phi) is 5.63. The molecule has 2 aromatic heterocycles. The summed E-state index contributed by atoms with van der Waals surface area (Å²) in [5, 5.41) is 12.7. The molecule has 0 aliphatic heterocycles. The smallest absolute Gasteiger partial charge is 0.266 e. The fourth-order valence-electron chi connectivity index (χ4n) is 2.90. The lowest BCUT2D eigenvalue weighted by atomic mass is 10.2. The number of carbonyl (C=O) groups is 1. The van der Waals surface area contributed by atoms with Gasteiger partial charge in [-0.1, -0.05) is 23.9 Å². The minimum Gasteiger partial charge on any atom is -0.467 e. The van der Waals surface area contributed by atoms with E-state index in [1.54, 1.807) is 60.9 Å². The molecule has 0 spiro atoms. The van der Waals surface area contributed by atoms with Gasteiger partial charge in [-0.3, -0.25) is 14.2 Å². The van der Waals surface area contributed by atoms with Crippen molar-refractivity contribution < 1.29 is 9.21 Å². The van der Waals surface area contributed by atoms with Crippen molar-refractivity contribution in [1.82, 2.24) is 14.9 Å². The summed E-state index contributed by atoms with van der Waals surface area (Å²) in [5.41, 5.74) is 1.40. The van der Waals surface area contributed by atoms with E-state index in [2.05, 4.69) is 16.4 Å². The number of fused-ring (bicyclic) bond motifs is 1. The summed E-state index contributed by atoms with van der Waals surface area (Å²) < 4.78 is 6.67. The van der Waals surface area contributed by atoms with E-state index in [-0.39, 0.29) is 17.2 Å². The summed E-state index contributed by atoms with van der Waals surface area (Å²) in [6.45, 7) is 0.292. The minimum atomic E-state index is -0.233. The lowest BCUT2D eigenvalue weighted by molar-refractivity contribution is -0.118. The van der Waals surface area contributed by atoms with Gasteiger partial charge in [-0.25, -0.2) is 4.98 Å². The molecule has 4 rings (SSSR count). The Labute approximate surface area is 176 Å². The van der Waals surface area contributed by atoms with Crippen LogP contribution < -0.4 is 10.9 Å². The molecule has 0 saturated heterocycles. The topological polar surface area (TPSA) is 101 Å². The van der Waals surface area contributed by atoms with E-state index in [1.807, 2.05) is 6.07 Å². The molecule has 2 aromatic carbocycles. The number of carbonyl (C=O) groups excluding carboxylic acids is 1. The van der Waals surface area contributed by atoms with E-state index in [0.29, 0.717) is 39.6 Å². The molecule has 0 atom stereocenters. The molecule has 1 N–H and O–H groups in total. The average molecular weight is 416 g/mol. The number of hydrogen-bond acceptors (Lipinski definition) is 6. The summed E-state index contributed by atoms with van der Waals surface area (Å²) in [7, 11) is 0. The van der Waals surface area contributed by atoms with Crippen LogP contribution in [0, 0.1) is 11.3 Å². The number of hydrogen-bond donors (Lipinski definition) is 1. The highest BCUT2D eigenvalue weighted by atomic mass is 32.2. The molecule has 0 aliphatic rings. The Morgan fingerprint density at radius 3 is 2.67 bits per heavy atom. The molecule has 0 aliphatic carbocycles. The molecule has 2 heterocycles. The highest BCUT2D eigenvalue weighted by Crippen LogP contribution is 2.21. The highest BCUT2D eigenvalue weighted by Gasteiger charge is 2.15. The van der Waals surface area contributed by atoms with Crippen LogP contribution >= 0.6 is 11.8 Å². The third-order valence-electron chi connectivity index (χ3n) is 4.37. The van der Waals surface area contributed by atoms with Gasteiger partial charge < -0.3 is 9.73 Å². The van der Waals surface area contributed by atoms with Gasteiger partial charge in [0, 0.05) is 0 Å². The first-order chi connectivity index (χ1) is 14.7. The largest absolute Gasteiger partial charge is 0.467 e. The standard InChI is InChI=1S/C22H16N4O3S/c23-12-15-7-9-16(10-8-15)26-21(28)18-5-1-2-6-19(18)25-22(26)30-14-20(27)24-13-17-4-3-11-29-17/h1-11H,13-14H2,(H,24,27). The molecule has 8 heteroatoms. The fourth-order valence-corrected chi connectivity index (χ4v) is 3.74. The third kappa shape index (κ3) is 4.11. The first-order valence-corrected chi connectivity index (χ1v) is 10.1. The number of aromatic nitrogens is 2. The lowest BCUT2D eigenvalue weighted by Crippen LogP contribution is -2.26. The van der Waals surface area contributed by atoms with Gasteiger partial charge in [-0.15, -0.1) is 0 Å². The predicted molar refractivity (Wildman–Crippen MR) is 113 cm³/mol. The minimum absolute atomic E-state index is 0.0851. The van der Waals surface area contributed by atoms with Crippen molar-refractivity contribution in [1.29, 1.82) is 5.26 Å². The number of nitriles is 1. The fraction of sp³-hybridized carbons (Fsp3) is 0.0909. The first kappa shape index (κ1) is 19.5. The van der Waals surface area contributed by atoms with Crippen LogP contribution in [0.15, 0.2) is 81.3 Å². The van der Waals surface area contributed by atoms with E-state index in [0.717, 1.165) is 0 Å². The zero-order valence-electron chi connectivity index (χ0n) is 15.7. The number of nitrogens with zero attached hydrogens (tertiary/aromatic N) is 3. The Balaban J connectivity index is 1.64. The van der Waals surface area contributed by atoms with Crippen LogP contribution in [0.4, 0.5) is 0 Å². The van der Waals surface area contributed by atoms with E-state index in [9.17, 15) is 9.59 Å². The van der Waals surface area contributed by atoms with Gasteiger partial charge in [0.1, 0.15) is 5.76 Å². The summed E-state index contributed by atoms with van der Waals surface area (Å²) in [6.07, 6.45) is 1.55. The van der Waals surface area contributed by atoms with E-state index < -0.39 is 0 Å². The van der Waals surface area contributed by atoms with Gasteiger partial charge in [0.15, 0.2) is 5.16 Å². The molecule has 30 heavy (non-hydrogen) atoms. The SMILES string of the molecule is N#Cc1ccc(-n2c(SCC(=O)NCc3ccco3)nc3ccccc3c2=O)cc1. The van der Waals surface area contributed by atoms with Gasteiger partial charge >= 0.3 is 0 Å². The second kappa shape index (κ2) is 8.68. The second-order valence-corrected chi connectivity index (χ2v) is 7.30. The number of para-hydroxylation sites is 1. The van der Waals surface area contributed by atoms with Crippen LogP contribution in [-0.4, -0.2) is 21.2 Å². The summed E-state index contributed by atoms with van der Waals surface area (Å²) >= 11 is 1.17. The first-order valence-electron chi connectivity index (χ1n) is 9.10. The maximum absolute atomic E-state index is 13.2. The normalized spacial score (nSPS) is 10.6. The zero-order valence-corrected chi connectivity index (χ0v) is 16.6. The molecule has 7 nitrogen and oxygen atoms in total. The van der Waals surface area contributed by atoms with Crippen molar-refractivity contribution in [2.75, 3.05) is 5.75 Å². The molecule has 148 valence electrons. The number of benzene rings is 2. The molecule has 4 aromatic rings. The van der Waals surface area contributed by atoms with Gasteiger partial charge in [0.25, 0.3) is 5.56 Å². The summed E-state index contributed by atoms with van der Waals surface area (Å²) in [4.78, 5) is 30.0. The van der Waals surface area contributed by atoms with Crippen molar-refractivity contribution in [3.63, 3.8) is 0 Å². The van der Waals surface area contributed by atoms with Crippen LogP contribution in [0.5, 0.6) is 0 Å². The number of rotatable bonds is 6. The van der Waals surface area contributed by atoms with Crippen LogP contribution in [0.25, 0.3) is 16.6 Å². The maximum atomic E-state index is 13.2. The third-order valence-corrected chi connectivity index (χ3v) is 5.31. The molecule has 0 fully saturated rings. The maximum Gasteiger partial charge on any atom is 0.266 e. The summed E-state index contributed by atoms with van der Waals surface area (Å²) in [5.74, 6) is 0.541. The molecule has 0 bridgehead atoms. The van der Waals surface area contributed by atoms with Gasteiger partial charge in [0.2, 0.25) is 5.91 Å². The number of furan rings is 1. The lowest BCUT2D eigenvalue weighted by Gasteiger charge is -2.13. The number of nitrogens with one attached hydrogen (secondary N) is 1. The summed E-state index contributed by atoms with van der Waals surface area (Å²) in [6, 6.07) is 19.3. The van der Waals surface area contributed by atoms with Crippen molar-refractivity contribution in [3.05, 3.63) is 88.6 Å². The highest BCUT2D eigenvalue weighted by molar-refractivity contribution is 7.99. The van der Waals surface area contributed by atoms with Crippen LogP contribution in [-0.2, 0) is 11.3 Å². The van der Waals surface area contributed by atoms with Crippen molar-refractivity contribution >= 4 is 28.6 Å². The molecular formula is C22H16N4O3S. The Hall–Kier alpha value is -3.83. The monoisotopic (exact) mass is 416 g/mol. The van der Waals surface area contributed by atoms with Gasteiger partial charge in [0.05, 0.1) is 46.8 Å². The van der Waals surface area contributed by atoms with Crippen LogP contribution in [0.2, 0.25) is 0 Å². The Morgan fingerprint density at radius 1 is 1.13 bits per heavy atom. The Morgan fingerprint density at radius 2 is 1.93 bits per heavy atom. The molecular weight excluding hydrogens is 400 g/mol. The van der Waals surface area contributed by atoms with Gasteiger partial charge in [-0.2, -0.15) is 5.26 Å². The van der Waals surface area contributed by atoms with Crippen LogP contribution in [0.1, 0.15) is 11.3 Å². The van der Waals surface area contributed by atoms with E-state index in [4.69, 9.17) is 9.68 Å². The van der Waals surface area contributed by atoms with Crippen LogP contribution in [0.3, 0.4) is 0 Å². The number of thioether (sulfide) groups is 1.